The average molecular weight is 207 g/mol. The first-order chi connectivity index (χ1) is 7.25. The van der Waals surface area contributed by atoms with E-state index in [9.17, 15) is 4.39 Å². The minimum Gasteiger partial charge on any atom is -0.379 e. The number of rotatable bonds is 3. The van der Waals surface area contributed by atoms with Crippen molar-refractivity contribution in [3.63, 3.8) is 0 Å². The van der Waals surface area contributed by atoms with Crippen molar-refractivity contribution in [2.24, 2.45) is 0 Å². The van der Waals surface area contributed by atoms with Crippen LogP contribution in [0.15, 0.2) is 28.9 Å². The first-order valence-corrected chi connectivity index (χ1v) is 4.53. The average Bonchev–Trinajstić information content (AvgIpc) is 2.63. The second-order valence-corrected chi connectivity index (χ2v) is 3.16. The van der Waals surface area contributed by atoms with Crippen molar-refractivity contribution in [3.8, 4) is 0 Å². The molecule has 1 aromatic carbocycles. The predicted molar refractivity (Wildman–Crippen MR) is 52.8 cm³/mol. The van der Waals surface area contributed by atoms with Crippen LogP contribution in [0.2, 0.25) is 0 Å². The summed E-state index contributed by atoms with van der Waals surface area (Å²) in [5.41, 5.74) is 2.34. The molecule has 0 aliphatic carbocycles. The van der Waals surface area contributed by atoms with Gasteiger partial charge in [0.25, 0.3) is 0 Å². The van der Waals surface area contributed by atoms with Crippen molar-refractivity contribution in [3.05, 3.63) is 41.5 Å². The van der Waals surface area contributed by atoms with Crippen LogP contribution >= 0.6 is 0 Å². The Labute approximate surface area is 86.1 Å². The second-order valence-electron chi connectivity index (χ2n) is 3.16. The van der Waals surface area contributed by atoms with Gasteiger partial charge in [-0.25, -0.2) is 9.02 Å². The summed E-state index contributed by atoms with van der Waals surface area (Å²) >= 11 is 0. The highest BCUT2D eigenvalue weighted by atomic mass is 19.1. The molecule has 2 rings (SSSR count). The summed E-state index contributed by atoms with van der Waals surface area (Å²) in [6.07, 6.45) is 0. The Morgan fingerprint density at radius 1 is 1.27 bits per heavy atom. The van der Waals surface area contributed by atoms with Crippen molar-refractivity contribution in [2.75, 3.05) is 5.32 Å². The zero-order valence-electron chi connectivity index (χ0n) is 8.20. The summed E-state index contributed by atoms with van der Waals surface area (Å²) < 4.78 is 17.2. The van der Waals surface area contributed by atoms with E-state index in [4.69, 9.17) is 0 Å². The monoisotopic (exact) mass is 207 g/mol. The zero-order chi connectivity index (χ0) is 10.7. The molecular formula is C10H10FN3O. The summed E-state index contributed by atoms with van der Waals surface area (Å²) in [5.74, 6) is -0.250. The number of nitrogens with one attached hydrogen (secondary N) is 1. The Kier molecular flexibility index (Phi) is 2.62. The molecule has 0 radical (unpaired) electrons. The lowest BCUT2D eigenvalue weighted by Gasteiger charge is -2.03. The molecule has 0 aliphatic heterocycles. The van der Waals surface area contributed by atoms with Crippen molar-refractivity contribution >= 4 is 5.69 Å². The Bertz CT molecular complexity index is 438. The number of hydrogen-bond donors (Lipinski definition) is 1. The molecule has 0 unspecified atom stereocenters. The Morgan fingerprint density at radius 2 is 2.00 bits per heavy atom. The normalized spacial score (nSPS) is 10.3. The highest BCUT2D eigenvalue weighted by Gasteiger charge is 2.03. The molecule has 0 aliphatic rings. The van der Waals surface area contributed by atoms with Gasteiger partial charge < -0.3 is 5.32 Å². The molecule has 0 amide bonds. The van der Waals surface area contributed by atoms with Crippen LogP contribution in [0.5, 0.6) is 0 Å². The Morgan fingerprint density at radius 3 is 2.60 bits per heavy atom. The van der Waals surface area contributed by atoms with E-state index in [0.717, 1.165) is 17.1 Å². The third-order valence-corrected chi connectivity index (χ3v) is 2.05. The van der Waals surface area contributed by atoms with Gasteiger partial charge in [0.2, 0.25) is 0 Å². The lowest BCUT2D eigenvalue weighted by atomic mass is 10.3. The van der Waals surface area contributed by atoms with E-state index in [-0.39, 0.29) is 5.82 Å². The SMILES string of the molecule is Cc1nonc1CNc1ccc(F)cc1. The molecule has 0 spiro atoms. The van der Waals surface area contributed by atoms with Crippen LogP contribution in [-0.2, 0) is 6.54 Å². The number of hydrogen-bond acceptors (Lipinski definition) is 4. The Hall–Kier alpha value is -1.91. The van der Waals surface area contributed by atoms with E-state index in [1.807, 2.05) is 6.92 Å². The fourth-order valence-electron chi connectivity index (χ4n) is 1.16. The standard InChI is InChI=1S/C10H10FN3O/c1-7-10(14-15-13-7)6-12-9-4-2-8(11)3-5-9/h2-5,12H,6H2,1H3. The van der Waals surface area contributed by atoms with E-state index in [1.165, 1.54) is 12.1 Å². The molecule has 0 saturated heterocycles. The molecule has 2 aromatic rings. The van der Waals surface area contributed by atoms with Crippen LogP contribution in [0.4, 0.5) is 10.1 Å². The van der Waals surface area contributed by atoms with Gasteiger partial charge in [0.1, 0.15) is 17.2 Å². The number of anilines is 1. The molecule has 1 N–H and O–H groups in total. The van der Waals surface area contributed by atoms with Gasteiger partial charge in [-0.05, 0) is 31.2 Å². The zero-order valence-corrected chi connectivity index (χ0v) is 8.20. The van der Waals surface area contributed by atoms with Gasteiger partial charge in [-0.1, -0.05) is 10.3 Å². The number of aryl methyl sites for hydroxylation is 1. The molecule has 1 heterocycles. The molecule has 1 aromatic heterocycles. The maximum atomic E-state index is 12.6. The number of benzene rings is 1. The maximum absolute atomic E-state index is 12.6. The largest absolute Gasteiger partial charge is 0.379 e. The van der Waals surface area contributed by atoms with E-state index >= 15 is 0 Å². The van der Waals surface area contributed by atoms with Gasteiger partial charge in [-0.15, -0.1) is 0 Å². The van der Waals surface area contributed by atoms with Gasteiger partial charge in [-0.2, -0.15) is 0 Å². The summed E-state index contributed by atoms with van der Waals surface area (Å²) in [7, 11) is 0. The molecule has 0 atom stereocenters. The van der Waals surface area contributed by atoms with Crippen LogP contribution < -0.4 is 5.32 Å². The fourth-order valence-corrected chi connectivity index (χ4v) is 1.16. The van der Waals surface area contributed by atoms with E-state index < -0.39 is 0 Å². The minimum absolute atomic E-state index is 0.250. The van der Waals surface area contributed by atoms with Crippen LogP contribution in [0.1, 0.15) is 11.4 Å². The summed E-state index contributed by atoms with van der Waals surface area (Å²) in [6, 6.07) is 6.13. The highest BCUT2D eigenvalue weighted by Crippen LogP contribution is 2.10. The van der Waals surface area contributed by atoms with Gasteiger partial charge in [-0.3, -0.25) is 0 Å². The second kappa shape index (κ2) is 4.08. The maximum Gasteiger partial charge on any atom is 0.127 e. The molecule has 4 nitrogen and oxygen atoms in total. The molecule has 5 heteroatoms. The smallest absolute Gasteiger partial charge is 0.127 e. The van der Waals surface area contributed by atoms with Crippen molar-refractivity contribution < 1.29 is 9.02 Å². The lowest BCUT2D eigenvalue weighted by Crippen LogP contribution is -2.01. The van der Waals surface area contributed by atoms with Crippen LogP contribution in [0, 0.1) is 12.7 Å². The topological polar surface area (TPSA) is 51.0 Å². The number of aromatic nitrogens is 2. The third kappa shape index (κ3) is 2.31. The summed E-state index contributed by atoms with van der Waals surface area (Å²) in [4.78, 5) is 0. The van der Waals surface area contributed by atoms with Gasteiger partial charge in [0.05, 0.1) is 6.54 Å². The highest BCUT2D eigenvalue weighted by molar-refractivity contribution is 5.43. The van der Waals surface area contributed by atoms with E-state index in [0.29, 0.717) is 6.54 Å². The van der Waals surface area contributed by atoms with Gasteiger partial charge >= 0.3 is 0 Å². The molecule has 15 heavy (non-hydrogen) atoms. The van der Waals surface area contributed by atoms with Crippen LogP contribution in [-0.4, -0.2) is 10.3 Å². The third-order valence-electron chi connectivity index (χ3n) is 2.05. The minimum atomic E-state index is -0.250. The molecule has 0 saturated carbocycles. The predicted octanol–water partition coefficient (Wildman–Crippen LogP) is 2.13. The first kappa shape index (κ1) is 9.64. The quantitative estimate of drug-likeness (QED) is 0.837. The molecular weight excluding hydrogens is 197 g/mol. The molecule has 0 bridgehead atoms. The molecule has 0 fully saturated rings. The lowest BCUT2D eigenvalue weighted by molar-refractivity contribution is 0.301. The first-order valence-electron chi connectivity index (χ1n) is 4.53. The molecule has 78 valence electrons. The van der Waals surface area contributed by atoms with Crippen molar-refractivity contribution in [1.29, 1.82) is 0 Å². The van der Waals surface area contributed by atoms with E-state index in [2.05, 4.69) is 20.3 Å². The van der Waals surface area contributed by atoms with Crippen LogP contribution in [0.25, 0.3) is 0 Å². The van der Waals surface area contributed by atoms with E-state index in [1.54, 1.807) is 12.1 Å². The summed E-state index contributed by atoms with van der Waals surface area (Å²) in [5, 5.41) is 10.5. The summed E-state index contributed by atoms with van der Waals surface area (Å²) in [6.45, 7) is 2.33. The van der Waals surface area contributed by atoms with Gasteiger partial charge in [0.15, 0.2) is 0 Å². The fraction of sp³-hybridized carbons (Fsp3) is 0.200. The van der Waals surface area contributed by atoms with Crippen LogP contribution in [0.3, 0.4) is 0 Å². The van der Waals surface area contributed by atoms with Gasteiger partial charge in [0, 0.05) is 5.69 Å². The van der Waals surface area contributed by atoms with Crippen molar-refractivity contribution in [1.82, 2.24) is 10.3 Å². The number of halogens is 1. The Balaban J connectivity index is 1.99. The number of nitrogens with zero attached hydrogens (tertiary/aromatic N) is 2. The van der Waals surface area contributed by atoms with Crippen molar-refractivity contribution in [2.45, 2.75) is 13.5 Å².